The van der Waals surface area contributed by atoms with Crippen LogP contribution in [-0.4, -0.2) is 4.83 Å². The molecule has 0 spiro atoms. The minimum absolute atomic E-state index is 0.197. The first-order valence-corrected chi connectivity index (χ1v) is 6.51. The van der Waals surface area contributed by atoms with Gasteiger partial charge in [-0.1, -0.05) is 46.9 Å². The summed E-state index contributed by atoms with van der Waals surface area (Å²) in [6.07, 6.45) is 4.26. The molecule has 84 valence electrons. The van der Waals surface area contributed by atoms with Crippen LogP contribution in [0.25, 0.3) is 0 Å². The minimum Gasteiger partial charge on any atom is -0.205 e. The Hall–Kier alpha value is -0.0800. The van der Waals surface area contributed by atoms with E-state index in [0.29, 0.717) is 4.83 Å². The summed E-state index contributed by atoms with van der Waals surface area (Å²) < 4.78 is 13.1. The van der Waals surface area contributed by atoms with Crippen LogP contribution < -0.4 is 0 Å². The van der Waals surface area contributed by atoms with E-state index in [1.165, 1.54) is 12.5 Å². The smallest absolute Gasteiger partial charge is 0.142 e. The molecule has 0 saturated carbocycles. The standard InChI is InChI=1S/C12H15BrClF/c1-2-3-10(13)6-4-9-5-7-11(14)12(15)8-9/h5,7-8,10H,2-4,6H2,1H3. The van der Waals surface area contributed by atoms with Crippen molar-refractivity contribution >= 4 is 27.5 Å². The molecule has 1 atom stereocenters. The molecule has 0 N–H and O–H groups in total. The van der Waals surface area contributed by atoms with Gasteiger partial charge in [0, 0.05) is 4.83 Å². The van der Waals surface area contributed by atoms with Crippen LogP contribution in [0.3, 0.4) is 0 Å². The van der Waals surface area contributed by atoms with E-state index >= 15 is 0 Å². The molecule has 0 fully saturated rings. The molecular formula is C12H15BrClF. The molecule has 0 radical (unpaired) electrons. The zero-order valence-electron chi connectivity index (χ0n) is 8.77. The largest absolute Gasteiger partial charge is 0.205 e. The molecule has 0 aliphatic rings. The summed E-state index contributed by atoms with van der Waals surface area (Å²) in [4.78, 5) is 0.529. The van der Waals surface area contributed by atoms with Gasteiger partial charge >= 0.3 is 0 Å². The average molecular weight is 294 g/mol. The van der Waals surface area contributed by atoms with Crippen LogP contribution in [0.15, 0.2) is 18.2 Å². The maximum Gasteiger partial charge on any atom is 0.142 e. The van der Waals surface area contributed by atoms with E-state index in [-0.39, 0.29) is 10.8 Å². The molecule has 0 saturated heterocycles. The minimum atomic E-state index is -0.323. The maximum absolute atomic E-state index is 13.1. The lowest BCUT2D eigenvalue weighted by Crippen LogP contribution is -1.99. The van der Waals surface area contributed by atoms with Gasteiger partial charge in [0.2, 0.25) is 0 Å². The van der Waals surface area contributed by atoms with Crippen LogP contribution in [-0.2, 0) is 6.42 Å². The van der Waals surface area contributed by atoms with Gasteiger partial charge in [0.05, 0.1) is 5.02 Å². The van der Waals surface area contributed by atoms with Crippen LogP contribution in [0.5, 0.6) is 0 Å². The SMILES string of the molecule is CCCC(Br)CCc1ccc(Cl)c(F)c1. The van der Waals surface area contributed by atoms with Crippen LogP contribution in [0, 0.1) is 5.82 Å². The fourth-order valence-electron chi connectivity index (χ4n) is 1.48. The predicted octanol–water partition coefficient (Wildman–Crippen LogP) is 4.98. The van der Waals surface area contributed by atoms with Gasteiger partial charge < -0.3 is 0 Å². The lowest BCUT2D eigenvalue weighted by molar-refractivity contribution is 0.623. The molecule has 15 heavy (non-hydrogen) atoms. The van der Waals surface area contributed by atoms with Crippen molar-refractivity contribution in [3.8, 4) is 0 Å². The van der Waals surface area contributed by atoms with Gasteiger partial charge in [0.1, 0.15) is 5.82 Å². The van der Waals surface area contributed by atoms with E-state index in [1.807, 2.05) is 6.07 Å². The second-order valence-corrected chi connectivity index (χ2v) is 5.38. The molecule has 0 nitrogen and oxygen atoms in total. The summed E-state index contributed by atoms with van der Waals surface area (Å²) in [6, 6.07) is 5.03. The van der Waals surface area contributed by atoms with E-state index in [2.05, 4.69) is 22.9 Å². The van der Waals surface area contributed by atoms with Gasteiger partial charge in [0.15, 0.2) is 0 Å². The van der Waals surface area contributed by atoms with Gasteiger partial charge in [-0.3, -0.25) is 0 Å². The Morgan fingerprint density at radius 3 is 2.73 bits per heavy atom. The number of halogens is 3. The molecular weight excluding hydrogens is 278 g/mol. The molecule has 1 aromatic rings. The predicted molar refractivity (Wildman–Crippen MR) is 67.4 cm³/mol. The zero-order valence-corrected chi connectivity index (χ0v) is 11.1. The highest BCUT2D eigenvalue weighted by Gasteiger charge is 2.05. The van der Waals surface area contributed by atoms with E-state index < -0.39 is 0 Å². The number of aryl methyl sites for hydroxylation is 1. The third-order valence-electron chi connectivity index (χ3n) is 2.33. The Morgan fingerprint density at radius 1 is 1.40 bits per heavy atom. The van der Waals surface area contributed by atoms with Crippen molar-refractivity contribution in [1.29, 1.82) is 0 Å². The topological polar surface area (TPSA) is 0 Å². The third-order valence-corrected chi connectivity index (χ3v) is 3.55. The molecule has 0 amide bonds. The molecule has 0 aliphatic carbocycles. The Morgan fingerprint density at radius 2 is 2.13 bits per heavy atom. The first-order valence-electron chi connectivity index (χ1n) is 5.21. The maximum atomic E-state index is 13.1. The average Bonchev–Trinajstić information content (AvgIpc) is 2.20. The van der Waals surface area contributed by atoms with Crippen LogP contribution >= 0.6 is 27.5 Å². The summed E-state index contributed by atoms with van der Waals surface area (Å²) in [5, 5.41) is 0.197. The van der Waals surface area contributed by atoms with Crippen molar-refractivity contribution < 1.29 is 4.39 Å². The van der Waals surface area contributed by atoms with Gasteiger partial charge in [-0.05, 0) is 37.0 Å². The van der Waals surface area contributed by atoms with E-state index in [9.17, 15) is 4.39 Å². The van der Waals surface area contributed by atoms with Crippen molar-refractivity contribution in [2.45, 2.75) is 37.4 Å². The van der Waals surface area contributed by atoms with Crippen molar-refractivity contribution in [1.82, 2.24) is 0 Å². The van der Waals surface area contributed by atoms with Crippen molar-refractivity contribution in [2.24, 2.45) is 0 Å². The number of rotatable bonds is 5. The van der Waals surface area contributed by atoms with E-state index in [1.54, 1.807) is 6.07 Å². The first kappa shape index (κ1) is 13.0. The summed E-state index contributed by atoms with van der Waals surface area (Å²) in [6.45, 7) is 2.16. The molecule has 1 aromatic carbocycles. The lowest BCUT2D eigenvalue weighted by atomic mass is 10.1. The summed E-state index contributed by atoms with van der Waals surface area (Å²) >= 11 is 9.22. The number of hydrogen-bond acceptors (Lipinski definition) is 0. The zero-order chi connectivity index (χ0) is 11.3. The van der Waals surface area contributed by atoms with Crippen LogP contribution in [0.1, 0.15) is 31.7 Å². The van der Waals surface area contributed by atoms with Crippen molar-refractivity contribution in [3.05, 3.63) is 34.6 Å². The Labute approximate surface area is 104 Å². The summed E-state index contributed by atoms with van der Waals surface area (Å²) in [5.74, 6) is -0.323. The Balaban J connectivity index is 2.47. The van der Waals surface area contributed by atoms with Crippen LogP contribution in [0.4, 0.5) is 4.39 Å². The Kier molecular flexibility index (Phi) is 5.62. The monoisotopic (exact) mass is 292 g/mol. The van der Waals surface area contributed by atoms with Gasteiger partial charge in [-0.25, -0.2) is 4.39 Å². The highest BCUT2D eigenvalue weighted by molar-refractivity contribution is 9.09. The van der Waals surface area contributed by atoms with Gasteiger partial charge in [-0.2, -0.15) is 0 Å². The second-order valence-electron chi connectivity index (χ2n) is 3.67. The second kappa shape index (κ2) is 6.49. The first-order chi connectivity index (χ1) is 7.13. The molecule has 3 heteroatoms. The fourth-order valence-corrected chi connectivity index (χ4v) is 2.28. The number of hydrogen-bond donors (Lipinski definition) is 0. The van der Waals surface area contributed by atoms with Gasteiger partial charge in [0.25, 0.3) is 0 Å². The molecule has 0 aromatic heterocycles. The highest BCUT2D eigenvalue weighted by atomic mass is 79.9. The fraction of sp³-hybridized carbons (Fsp3) is 0.500. The summed E-state index contributed by atoms with van der Waals surface area (Å²) in [5.41, 5.74) is 1.01. The third kappa shape index (κ3) is 4.52. The quantitative estimate of drug-likeness (QED) is 0.672. The van der Waals surface area contributed by atoms with Crippen molar-refractivity contribution in [3.63, 3.8) is 0 Å². The normalized spacial score (nSPS) is 12.8. The van der Waals surface area contributed by atoms with E-state index in [0.717, 1.165) is 24.8 Å². The Bertz CT molecular complexity index is 314. The van der Waals surface area contributed by atoms with Crippen LogP contribution in [0.2, 0.25) is 5.02 Å². The molecule has 0 aliphatic heterocycles. The summed E-state index contributed by atoms with van der Waals surface area (Å²) in [7, 11) is 0. The molecule has 1 rings (SSSR count). The number of benzene rings is 1. The number of alkyl halides is 1. The molecule has 0 heterocycles. The lowest BCUT2D eigenvalue weighted by Gasteiger charge is -2.08. The molecule has 0 bridgehead atoms. The highest BCUT2D eigenvalue weighted by Crippen LogP contribution is 2.19. The van der Waals surface area contributed by atoms with Gasteiger partial charge in [-0.15, -0.1) is 0 Å². The van der Waals surface area contributed by atoms with E-state index in [4.69, 9.17) is 11.6 Å². The molecule has 1 unspecified atom stereocenters. The van der Waals surface area contributed by atoms with Crippen molar-refractivity contribution in [2.75, 3.05) is 0 Å².